The molecule has 0 aromatic heterocycles. The minimum Gasteiger partial charge on any atom is -0.103 e. The van der Waals surface area contributed by atoms with Gasteiger partial charge in [-0.2, -0.15) is 0 Å². The molecule has 7 heavy (non-hydrogen) atoms. The average molecular weight is 143 g/mol. The van der Waals surface area contributed by atoms with E-state index in [2.05, 4.69) is 13.2 Å². The Balaban J connectivity index is -0.0000000400. The summed E-state index contributed by atoms with van der Waals surface area (Å²) in [5.74, 6) is 0. The van der Waals surface area contributed by atoms with Gasteiger partial charge in [0.05, 0.1) is 0 Å². The van der Waals surface area contributed by atoms with Crippen molar-refractivity contribution in [2.45, 2.75) is 13.8 Å². The maximum absolute atomic E-state index is 3.36. The molecule has 0 spiro atoms. The molecule has 0 aliphatic heterocycles. The van der Waals surface area contributed by atoms with Gasteiger partial charge in [-0.3, -0.25) is 0 Å². The second kappa shape index (κ2) is 37.9. The summed E-state index contributed by atoms with van der Waals surface area (Å²) < 4.78 is 0. The number of hydrogen-bond acceptors (Lipinski definition) is 0. The average Bonchev–Trinajstić information content (AvgIpc) is 1.39. The van der Waals surface area contributed by atoms with Gasteiger partial charge in [0.1, 0.15) is 0 Å². The van der Waals surface area contributed by atoms with E-state index in [1.807, 2.05) is 13.8 Å². The molecule has 0 rings (SSSR count). The van der Waals surface area contributed by atoms with Gasteiger partial charge in [0.25, 0.3) is 0 Å². The van der Waals surface area contributed by atoms with Crippen molar-refractivity contribution in [3.8, 4) is 0 Å². The van der Waals surface area contributed by atoms with Gasteiger partial charge in [0.2, 0.25) is 0 Å². The maximum atomic E-state index is 3.36. The molecule has 0 nitrogen and oxygen atoms in total. The zero-order valence-electron chi connectivity index (χ0n) is 4.89. The second-order valence-electron chi connectivity index (χ2n) is 0.816. The summed E-state index contributed by atoms with van der Waals surface area (Å²) in [7, 11) is 0. The molecule has 0 saturated carbocycles. The van der Waals surface area contributed by atoms with E-state index < -0.39 is 0 Å². The van der Waals surface area contributed by atoms with Gasteiger partial charge in [-0.1, -0.05) is 12.2 Å². The molecule has 0 radical (unpaired) electrons. The molecule has 0 atom stereocenters. The first kappa shape index (κ1) is 15.8. The molecule has 46 valence electrons. The van der Waals surface area contributed by atoms with Crippen LogP contribution in [0.4, 0.5) is 0 Å². The van der Waals surface area contributed by atoms with Crippen LogP contribution in [-0.2, 0) is 16.5 Å². The van der Waals surface area contributed by atoms with Crippen LogP contribution in [0.5, 0.6) is 0 Å². The molecule has 0 amide bonds. The normalized spacial score (nSPS) is 3.71. The van der Waals surface area contributed by atoms with Crippen molar-refractivity contribution in [1.82, 2.24) is 0 Å². The first-order valence-corrected chi connectivity index (χ1v) is 1.97. The van der Waals surface area contributed by atoms with Crippen LogP contribution in [0.15, 0.2) is 25.3 Å². The summed E-state index contributed by atoms with van der Waals surface area (Å²) >= 11 is 0. The standard InChI is InChI=1S/2C3H6.Ni/c2*1-3-2;/h2*3H,1H2,2H3;. The van der Waals surface area contributed by atoms with E-state index in [4.69, 9.17) is 0 Å². The number of hydrogen-bond donors (Lipinski definition) is 0. The van der Waals surface area contributed by atoms with Crippen molar-refractivity contribution in [3.63, 3.8) is 0 Å². The molecule has 0 N–H and O–H groups in total. The number of rotatable bonds is 0. The summed E-state index contributed by atoms with van der Waals surface area (Å²) in [6.45, 7) is 10.5. The van der Waals surface area contributed by atoms with Crippen molar-refractivity contribution in [2.75, 3.05) is 0 Å². The molecule has 0 aliphatic carbocycles. The van der Waals surface area contributed by atoms with Crippen molar-refractivity contribution >= 4 is 0 Å². The van der Waals surface area contributed by atoms with Crippen LogP contribution >= 0.6 is 0 Å². The molecule has 0 unspecified atom stereocenters. The number of allylic oxidation sites excluding steroid dienone is 2. The smallest absolute Gasteiger partial charge is 0 e. The van der Waals surface area contributed by atoms with E-state index in [-0.39, 0.29) is 16.5 Å². The van der Waals surface area contributed by atoms with Crippen molar-refractivity contribution in [3.05, 3.63) is 25.3 Å². The molecular weight excluding hydrogens is 131 g/mol. The Morgan fingerprint density at radius 2 is 1.00 bits per heavy atom. The van der Waals surface area contributed by atoms with Crippen molar-refractivity contribution < 1.29 is 16.5 Å². The van der Waals surface area contributed by atoms with Gasteiger partial charge in [-0.25, -0.2) is 0 Å². The van der Waals surface area contributed by atoms with Crippen LogP contribution in [0.3, 0.4) is 0 Å². The predicted molar refractivity (Wildman–Crippen MR) is 31.7 cm³/mol. The first-order valence-electron chi connectivity index (χ1n) is 1.97. The molecule has 0 saturated heterocycles. The quantitative estimate of drug-likeness (QED) is 0.360. The third-order valence-electron chi connectivity index (χ3n) is 0. The molecule has 1 heteroatoms. The van der Waals surface area contributed by atoms with Gasteiger partial charge in [0, 0.05) is 16.5 Å². The minimum absolute atomic E-state index is 0. The Labute approximate surface area is 56.2 Å². The van der Waals surface area contributed by atoms with Crippen molar-refractivity contribution in [1.29, 1.82) is 0 Å². The van der Waals surface area contributed by atoms with Gasteiger partial charge in [-0.05, 0) is 13.8 Å². The third-order valence-corrected chi connectivity index (χ3v) is 0. The van der Waals surface area contributed by atoms with E-state index in [0.29, 0.717) is 0 Å². The zero-order chi connectivity index (χ0) is 5.41. The molecule has 0 aromatic carbocycles. The molecule has 0 bridgehead atoms. The Morgan fingerprint density at radius 3 is 1.00 bits per heavy atom. The van der Waals surface area contributed by atoms with Gasteiger partial charge < -0.3 is 0 Å². The Hall–Kier alpha value is -0.0265. The molecule has 0 fully saturated rings. The monoisotopic (exact) mass is 142 g/mol. The fourth-order valence-electron chi connectivity index (χ4n) is 0. The van der Waals surface area contributed by atoms with Gasteiger partial charge >= 0.3 is 0 Å². The molecule has 0 aliphatic rings. The van der Waals surface area contributed by atoms with Crippen LogP contribution in [0.25, 0.3) is 0 Å². The van der Waals surface area contributed by atoms with Crippen LogP contribution in [-0.4, -0.2) is 0 Å². The summed E-state index contributed by atoms with van der Waals surface area (Å²) in [6.07, 6.45) is 3.50. The van der Waals surface area contributed by atoms with E-state index in [1.54, 1.807) is 12.2 Å². The fourth-order valence-corrected chi connectivity index (χ4v) is 0. The van der Waals surface area contributed by atoms with Crippen LogP contribution in [0.2, 0.25) is 0 Å². The summed E-state index contributed by atoms with van der Waals surface area (Å²) in [6, 6.07) is 0. The first-order chi connectivity index (χ1) is 2.83. The SMILES string of the molecule is C=CC.C=CC.[Ni]. The largest absolute Gasteiger partial charge is 0.103 e. The van der Waals surface area contributed by atoms with E-state index in [1.165, 1.54) is 0 Å². The Morgan fingerprint density at radius 1 is 1.00 bits per heavy atom. The molecular formula is C6H12Ni. The summed E-state index contributed by atoms with van der Waals surface area (Å²) in [5, 5.41) is 0. The Kier molecular flexibility index (Phi) is 85.4. The zero-order valence-corrected chi connectivity index (χ0v) is 5.87. The van der Waals surface area contributed by atoms with E-state index in [0.717, 1.165) is 0 Å². The summed E-state index contributed by atoms with van der Waals surface area (Å²) in [4.78, 5) is 0. The van der Waals surface area contributed by atoms with Crippen molar-refractivity contribution in [2.24, 2.45) is 0 Å². The third kappa shape index (κ3) is 134000. The maximum Gasteiger partial charge on any atom is 0 e. The van der Waals surface area contributed by atoms with Crippen LogP contribution < -0.4 is 0 Å². The predicted octanol–water partition coefficient (Wildman–Crippen LogP) is 2.38. The Bertz CT molecular complexity index is 25.2. The van der Waals surface area contributed by atoms with E-state index >= 15 is 0 Å². The molecule has 0 heterocycles. The fraction of sp³-hybridized carbons (Fsp3) is 0.333. The second-order valence-corrected chi connectivity index (χ2v) is 0.816. The topological polar surface area (TPSA) is 0 Å². The minimum atomic E-state index is 0. The molecule has 0 aromatic rings. The van der Waals surface area contributed by atoms with E-state index in [9.17, 15) is 0 Å². The summed E-state index contributed by atoms with van der Waals surface area (Å²) in [5.41, 5.74) is 0. The van der Waals surface area contributed by atoms with Gasteiger partial charge in [-0.15, -0.1) is 13.2 Å². The van der Waals surface area contributed by atoms with Crippen LogP contribution in [0.1, 0.15) is 13.8 Å². The van der Waals surface area contributed by atoms with Crippen LogP contribution in [0, 0.1) is 0 Å². The van der Waals surface area contributed by atoms with Gasteiger partial charge in [0.15, 0.2) is 0 Å².